The Morgan fingerprint density at radius 1 is 1.29 bits per heavy atom. The number of benzene rings is 1. The molecule has 1 saturated heterocycles. The Balaban J connectivity index is 1.87. The van der Waals surface area contributed by atoms with Crippen LogP contribution in [0.25, 0.3) is 0 Å². The van der Waals surface area contributed by atoms with Crippen LogP contribution in [0.4, 0.5) is 4.39 Å². The van der Waals surface area contributed by atoms with Gasteiger partial charge in [-0.2, -0.15) is 5.09 Å². The summed E-state index contributed by atoms with van der Waals surface area (Å²) in [4.78, 5) is 37.4. The van der Waals surface area contributed by atoms with E-state index in [9.17, 15) is 24.1 Å². The van der Waals surface area contributed by atoms with E-state index in [1.807, 2.05) is 4.98 Å². The predicted octanol–water partition coefficient (Wildman–Crippen LogP) is 1.27. The van der Waals surface area contributed by atoms with Crippen molar-refractivity contribution in [3.63, 3.8) is 0 Å². The highest BCUT2D eigenvalue weighted by atomic mass is 31.2. The number of para-hydroxylation sites is 1. The van der Waals surface area contributed by atoms with Gasteiger partial charge in [-0.05, 0) is 32.9 Å². The summed E-state index contributed by atoms with van der Waals surface area (Å²) in [6.45, 7) is 3.75. The number of carbonyl (C=O) groups is 1. The topological polar surface area (TPSA) is 158 Å². The summed E-state index contributed by atoms with van der Waals surface area (Å²) in [6, 6.07) is 7.84. The fraction of sp³-hybridized carbons (Fsp3) is 0.476. The zero-order chi connectivity index (χ0) is 26.0. The van der Waals surface area contributed by atoms with Gasteiger partial charge in [-0.1, -0.05) is 18.2 Å². The first kappa shape index (κ1) is 26.8. The van der Waals surface area contributed by atoms with Crippen molar-refractivity contribution < 1.29 is 37.4 Å². The number of H-pyrrole nitrogens is 1. The molecule has 3 rings (SSSR count). The molecule has 1 aliphatic rings. The van der Waals surface area contributed by atoms with E-state index in [-0.39, 0.29) is 5.75 Å². The molecule has 0 saturated carbocycles. The molecule has 0 spiro atoms. The lowest BCUT2D eigenvalue weighted by molar-refractivity contribution is -0.142. The fourth-order valence-corrected chi connectivity index (χ4v) is 5.28. The van der Waals surface area contributed by atoms with Crippen LogP contribution in [-0.4, -0.2) is 57.8 Å². The molecule has 192 valence electrons. The van der Waals surface area contributed by atoms with Gasteiger partial charge in [0, 0.05) is 12.3 Å². The Bertz CT molecular complexity index is 1200. The van der Waals surface area contributed by atoms with Gasteiger partial charge in [-0.15, -0.1) is 0 Å². The van der Waals surface area contributed by atoms with E-state index in [0.717, 1.165) is 30.9 Å². The van der Waals surface area contributed by atoms with Gasteiger partial charge >= 0.3 is 19.4 Å². The highest BCUT2D eigenvalue weighted by molar-refractivity contribution is 7.52. The number of hydrogen-bond acceptors (Lipinski definition) is 9. The first-order chi connectivity index (χ1) is 16.4. The van der Waals surface area contributed by atoms with E-state index in [1.165, 1.54) is 26.0 Å². The zero-order valence-corrected chi connectivity index (χ0v) is 20.3. The van der Waals surface area contributed by atoms with E-state index >= 15 is 4.39 Å². The van der Waals surface area contributed by atoms with Gasteiger partial charge in [0.25, 0.3) is 5.56 Å². The molecule has 35 heavy (non-hydrogen) atoms. The Morgan fingerprint density at radius 2 is 1.94 bits per heavy atom. The number of halogens is 1. The van der Waals surface area contributed by atoms with Gasteiger partial charge in [-0.3, -0.25) is 23.7 Å². The monoisotopic (exact) mass is 515 g/mol. The van der Waals surface area contributed by atoms with Crippen LogP contribution in [0.3, 0.4) is 0 Å². The Labute approximate surface area is 199 Å². The second-order valence-electron chi connectivity index (χ2n) is 8.15. The van der Waals surface area contributed by atoms with Crippen molar-refractivity contribution in [3.8, 4) is 5.75 Å². The number of nitrogens with one attached hydrogen (secondary N) is 2. The molecule has 0 radical (unpaired) electrons. The molecule has 2 heterocycles. The van der Waals surface area contributed by atoms with Crippen LogP contribution in [0.2, 0.25) is 0 Å². The maximum Gasteiger partial charge on any atom is 0.459 e. The average Bonchev–Trinajstić information content (AvgIpc) is 3.02. The molecule has 1 aliphatic heterocycles. The van der Waals surface area contributed by atoms with Crippen LogP contribution in [0, 0.1) is 0 Å². The summed E-state index contributed by atoms with van der Waals surface area (Å²) in [5, 5.41) is 13.1. The van der Waals surface area contributed by atoms with Crippen LogP contribution in [0.5, 0.6) is 5.75 Å². The molecule has 3 N–H and O–H groups in total. The third-order valence-electron chi connectivity index (χ3n) is 5.41. The summed E-state index contributed by atoms with van der Waals surface area (Å²) in [5.74, 6) is -0.599. The van der Waals surface area contributed by atoms with E-state index in [2.05, 4.69) is 9.82 Å². The number of nitrogens with zero attached hydrogens (tertiary/aromatic N) is 1. The van der Waals surface area contributed by atoms with Crippen LogP contribution in [0.1, 0.15) is 27.0 Å². The van der Waals surface area contributed by atoms with Crippen molar-refractivity contribution in [2.45, 2.75) is 57.0 Å². The number of carbonyl (C=O) groups excluding carboxylic acids is 1. The van der Waals surface area contributed by atoms with Crippen LogP contribution < -0.4 is 20.9 Å². The summed E-state index contributed by atoms with van der Waals surface area (Å²) < 4.78 is 51.3. The Hall–Kier alpha value is -2.83. The molecule has 5 unspecified atom stereocenters. The van der Waals surface area contributed by atoms with Crippen molar-refractivity contribution >= 4 is 13.7 Å². The first-order valence-electron chi connectivity index (χ1n) is 10.6. The molecule has 1 aromatic carbocycles. The first-order valence-corrected chi connectivity index (χ1v) is 12.1. The van der Waals surface area contributed by atoms with E-state index < -0.39 is 61.2 Å². The van der Waals surface area contributed by atoms with Crippen molar-refractivity contribution in [2.75, 3.05) is 7.11 Å². The number of ether oxygens (including phenoxy) is 2. The molecule has 14 heteroatoms. The largest absolute Gasteiger partial charge is 0.468 e. The minimum atomic E-state index is -4.33. The maximum absolute atomic E-state index is 15.5. The van der Waals surface area contributed by atoms with Gasteiger partial charge in [0.2, 0.25) is 0 Å². The third kappa shape index (κ3) is 5.88. The van der Waals surface area contributed by atoms with Gasteiger partial charge in [0.15, 0.2) is 11.9 Å². The molecule has 1 aromatic heterocycles. The number of hydrogen-bond donors (Lipinski definition) is 3. The standard InChI is InChI=1S/C21H27FN3O9P/c1-12(18(28)31-4)24-35(30,34-14-8-6-5-7-9-14)33-13(2)16-17(27)21(3,22)19(32-16)25-11-10-15(26)23-20(25)29/h5-13,16-17,19,27H,1-4H3,(H,24,30)(H,23,26,29)/t12?,13?,16-,17?,19-,21?,35?/m1/s1. The number of aromatic nitrogens is 2. The van der Waals surface area contributed by atoms with E-state index in [0.29, 0.717) is 0 Å². The predicted molar refractivity (Wildman–Crippen MR) is 121 cm³/mol. The number of aliphatic hydroxyl groups is 1. The Kier molecular flexibility index (Phi) is 7.97. The number of aliphatic hydroxyl groups excluding tert-OH is 1. The van der Waals surface area contributed by atoms with Crippen LogP contribution >= 0.6 is 7.75 Å². The number of alkyl halides is 1. The summed E-state index contributed by atoms with van der Waals surface area (Å²) in [7, 11) is -3.18. The number of esters is 1. The second-order valence-corrected chi connectivity index (χ2v) is 9.80. The van der Waals surface area contributed by atoms with Gasteiger partial charge in [0.1, 0.15) is 24.0 Å². The highest BCUT2D eigenvalue weighted by Crippen LogP contribution is 2.49. The average molecular weight is 515 g/mol. The SMILES string of the molecule is COC(=O)C(C)NP(=O)(Oc1ccccc1)OC(C)[C@H]1O[C@@H](n2ccc(=O)[nH]c2=O)C(C)(F)C1O. The summed E-state index contributed by atoms with van der Waals surface area (Å²) in [6.07, 6.45) is -5.11. The minimum absolute atomic E-state index is 0.147. The molecule has 0 bridgehead atoms. The lowest BCUT2D eigenvalue weighted by atomic mass is 9.96. The Morgan fingerprint density at radius 3 is 2.54 bits per heavy atom. The lowest BCUT2D eigenvalue weighted by Crippen LogP contribution is -2.45. The second kappa shape index (κ2) is 10.4. The van der Waals surface area contributed by atoms with Gasteiger partial charge in [-0.25, -0.2) is 13.8 Å². The quantitative estimate of drug-likeness (QED) is 0.328. The molecule has 0 aliphatic carbocycles. The molecule has 0 amide bonds. The number of aromatic amines is 1. The van der Waals surface area contributed by atoms with Crippen LogP contribution in [-0.2, 0) is 23.4 Å². The maximum atomic E-state index is 15.5. The molecule has 1 fully saturated rings. The normalized spacial score (nSPS) is 27.5. The van der Waals surface area contributed by atoms with Gasteiger partial charge in [0.05, 0.1) is 13.2 Å². The van der Waals surface area contributed by atoms with E-state index in [4.69, 9.17) is 13.8 Å². The fourth-order valence-electron chi connectivity index (χ4n) is 3.58. The minimum Gasteiger partial charge on any atom is -0.468 e. The van der Waals surface area contributed by atoms with Crippen molar-refractivity contribution in [2.24, 2.45) is 0 Å². The molecular formula is C21H27FN3O9P. The highest BCUT2D eigenvalue weighted by Gasteiger charge is 2.57. The number of methoxy groups -OCH3 is 1. The van der Waals surface area contributed by atoms with E-state index in [1.54, 1.807) is 18.2 Å². The smallest absolute Gasteiger partial charge is 0.459 e. The number of rotatable bonds is 9. The lowest BCUT2D eigenvalue weighted by Gasteiger charge is -2.29. The summed E-state index contributed by atoms with van der Waals surface area (Å²) >= 11 is 0. The molecule has 2 aromatic rings. The summed E-state index contributed by atoms with van der Waals surface area (Å²) in [5.41, 5.74) is -4.13. The third-order valence-corrected chi connectivity index (χ3v) is 7.17. The zero-order valence-electron chi connectivity index (χ0n) is 19.4. The van der Waals surface area contributed by atoms with Crippen molar-refractivity contribution in [1.82, 2.24) is 14.6 Å². The van der Waals surface area contributed by atoms with Crippen molar-refractivity contribution in [3.05, 3.63) is 63.4 Å². The van der Waals surface area contributed by atoms with Crippen LogP contribution in [0.15, 0.2) is 52.2 Å². The molecular weight excluding hydrogens is 488 g/mol. The van der Waals surface area contributed by atoms with Gasteiger partial charge < -0.3 is 19.1 Å². The molecule has 7 atom stereocenters. The van der Waals surface area contributed by atoms with Crippen molar-refractivity contribution in [1.29, 1.82) is 0 Å². The molecule has 12 nitrogen and oxygen atoms in total.